The second kappa shape index (κ2) is 5.17. The van der Waals surface area contributed by atoms with E-state index in [9.17, 15) is 4.79 Å². The van der Waals surface area contributed by atoms with Crippen LogP contribution in [0.25, 0.3) is 0 Å². The third-order valence-electron chi connectivity index (χ3n) is 2.56. The molecular weight excluding hydrogens is 214 g/mol. The van der Waals surface area contributed by atoms with E-state index in [4.69, 9.17) is 5.73 Å². The normalized spacial score (nSPS) is 16.5. The first-order valence-electron chi connectivity index (χ1n) is 5.77. The maximum atomic E-state index is 11.9. The fourth-order valence-corrected chi connectivity index (χ4v) is 1.41. The van der Waals surface area contributed by atoms with Gasteiger partial charge in [-0.05, 0) is 0 Å². The highest BCUT2D eigenvalue weighted by Crippen LogP contribution is 2.18. The number of allylic oxidation sites excluding steroid dienone is 1. The second-order valence-corrected chi connectivity index (χ2v) is 5.30. The molecule has 4 heteroatoms. The van der Waals surface area contributed by atoms with Crippen molar-refractivity contribution in [3.63, 3.8) is 0 Å². The minimum Gasteiger partial charge on any atom is -0.401 e. The lowest BCUT2D eigenvalue weighted by Crippen LogP contribution is -2.44. The van der Waals surface area contributed by atoms with Crippen molar-refractivity contribution in [2.45, 2.75) is 39.7 Å². The Morgan fingerprint density at radius 2 is 2.29 bits per heavy atom. The zero-order chi connectivity index (χ0) is 13.1. The standard InChI is InChI=1S/C13H21N3O/c1-9(14)11(8-10-6-5-7-15-10)16-12(17)13(2,3)4/h6-7,11H,1,5,8,14H2,2-4H3,(H,16,17)/t11-/m0/s1. The lowest BCUT2D eigenvalue weighted by atomic mass is 9.94. The van der Waals surface area contributed by atoms with Crippen LogP contribution < -0.4 is 11.1 Å². The van der Waals surface area contributed by atoms with Gasteiger partial charge in [0, 0.05) is 35.9 Å². The van der Waals surface area contributed by atoms with Gasteiger partial charge in [-0.1, -0.05) is 33.4 Å². The lowest BCUT2D eigenvalue weighted by molar-refractivity contribution is -0.129. The van der Waals surface area contributed by atoms with Gasteiger partial charge in [-0.25, -0.2) is 0 Å². The smallest absolute Gasteiger partial charge is 0.225 e. The van der Waals surface area contributed by atoms with Gasteiger partial charge in [0.2, 0.25) is 5.91 Å². The molecule has 0 bridgehead atoms. The molecule has 3 N–H and O–H groups in total. The van der Waals surface area contributed by atoms with E-state index in [1.165, 1.54) is 0 Å². The molecule has 1 heterocycles. The molecule has 94 valence electrons. The summed E-state index contributed by atoms with van der Waals surface area (Å²) in [7, 11) is 0. The topological polar surface area (TPSA) is 67.5 Å². The number of amides is 1. The molecule has 4 nitrogen and oxygen atoms in total. The lowest BCUT2D eigenvalue weighted by Gasteiger charge is -2.24. The summed E-state index contributed by atoms with van der Waals surface area (Å²) in [6, 6.07) is -0.247. The van der Waals surface area contributed by atoms with Crippen molar-refractivity contribution in [3.8, 4) is 0 Å². The van der Waals surface area contributed by atoms with E-state index >= 15 is 0 Å². The van der Waals surface area contributed by atoms with E-state index in [2.05, 4.69) is 16.9 Å². The van der Waals surface area contributed by atoms with Gasteiger partial charge in [-0.3, -0.25) is 9.79 Å². The van der Waals surface area contributed by atoms with Crippen LogP contribution in [-0.2, 0) is 4.79 Å². The van der Waals surface area contributed by atoms with Crippen molar-refractivity contribution in [2.24, 2.45) is 16.1 Å². The summed E-state index contributed by atoms with van der Waals surface area (Å²) in [4.78, 5) is 16.1. The van der Waals surface area contributed by atoms with Crippen LogP contribution in [0.4, 0.5) is 0 Å². The molecule has 0 aliphatic carbocycles. The maximum Gasteiger partial charge on any atom is 0.225 e. The van der Waals surface area contributed by atoms with Crippen molar-refractivity contribution < 1.29 is 4.79 Å². The van der Waals surface area contributed by atoms with Gasteiger partial charge in [-0.15, -0.1) is 0 Å². The van der Waals surface area contributed by atoms with Crippen LogP contribution in [0.5, 0.6) is 0 Å². The Labute approximate surface area is 103 Å². The van der Waals surface area contributed by atoms with Crippen LogP contribution in [0.2, 0.25) is 0 Å². The number of carbonyl (C=O) groups excluding carboxylic acids is 1. The zero-order valence-electron chi connectivity index (χ0n) is 10.8. The van der Waals surface area contributed by atoms with Crippen LogP contribution >= 0.6 is 0 Å². The molecular formula is C13H21N3O. The molecule has 0 saturated carbocycles. The first-order chi connectivity index (χ1) is 7.80. The van der Waals surface area contributed by atoms with Gasteiger partial charge >= 0.3 is 0 Å². The third kappa shape index (κ3) is 4.06. The van der Waals surface area contributed by atoms with E-state index in [-0.39, 0.29) is 11.9 Å². The third-order valence-corrected chi connectivity index (χ3v) is 2.56. The monoisotopic (exact) mass is 235 g/mol. The van der Waals surface area contributed by atoms with Gasteiger partial charge in [0.05, 0.1) is 6.04 Å². The van der Waals surface area contributed by atoms with Crippen LogP contribution in [0.3, 0.4) is 0 Å². The van der Waals surface area contributed by atoms with E-state index in [1.54, 1.807) is 0 Å². The van der Waals surface area contributed by atoms with E-state index in [1.807, 2.05) is 33.1 Å². The molecule has 0 aromatic carbocycles. The molecule has 0 fully saturated rings. The largest absolute Gasteiger partial charge is 0.401 e. The van der Waals surface area contributed by atoms with Gasteiger partial charge in [0.25, 0.3) is 0 Å². The van der Waals surface area contributed by atoms with Crippen LogP contribution in [0.1, 0.15) is 33.6 Å². The number of rotatable bonds is 4. The predicted molar refractivity (Wildman–Crippen MR) is 70.5 cm³/mol. The number of nitrogens with two attached hydrogens (primary N) is 1. The van der Waals surface area contributed by atoms with Crippen molar-refractivity contribution >= 4 is 12.1 Å². The molecule has 0 saturated heterocycles. The van der Waals surface area contributed by atoms with E-state index in [0.717, 1.165) is 12.1 Å². The SMILES string of the molecule is C=C(N)[C@H](CC1=CCC=N1)NC(=O)C(C)(C)C. The molecule has 0 aromatic heterocycles. The van der Waals surface area contributed by atoms with Gasteiger partial charge in [-0.2, -0.15) is 0 Å². The molecule has 1 rings (SSSR count). The molecule has 17 heavy (non-hydrogen) atoms. The highest BCUT2D eigenvalue weighted by atomic mass is 16.2. The fourth-order valence-electron chi connectivity index (χ4n) is 1.41. The van der Waals surface area contributed by atoms with Crippen molar-refractivity contribution in [3.05, 3.63) is 24.0 Å². The van der Waals surface area contributed by atoms with Crippen molar-refractivity contribution in [1.82, 2.24) is 5.32 Å². The molecule has 1 atom stereocenters. The highest BCUT2D eigenvalue weighted by Gasteiger charge is 2.25. The van der Waals surface area contributed by atoms with Gasteiger partial charge in [0.15, 0.2) is 0 Å². The summed E-state index contributed by atoms with van der Waals surface area (Å²) in [6.45, 7) is 9.32. The van der Waals surface area contributed by atoms with Crippen LogP contribution in [0, 0.1) is 5.41 Å². The van der Waals surface area contributed by atoms with Gasteiger partial charge in [0.1, 0.15) is 0 Å². The quantitative estimate of drug-likeness (QED) is 0.779. The summed E-state index contributed by atoms with van der Waals surface area (Å²) in [5.41, 5.74) is 6.71. The van der Waals surface area contributed by atoms with Crippen LogP contribution in [-0.4, -0.2) is 18.2 Å². The number of hydrogen-bond acceptors (Lipinski definition) is 3. The average molecular weight is 235 g/mol. The first kappa shape index (κ1) is 13.5. The number of nitrogens with one attached hydrogen (secondary N) is 1. The Morgan fingerprint density at radius 1 is 1.65 bits per heavy atom. The molecule has 0 aromatic rings. The summed E-state index contributed by atoms with van der Waals surface area (Å²) >= 11 is 0. The molecule has 1 aliphatic rings. The molecule has 1 aliphatic heterocycles. The Morgan fingerprint density at radius 3 is 2.71 bits per heavy atom. The van der Waals surface area contributed by atoms with E-state index in [0.29, 0.717) is 12.1 Å². The number of hydrogen-bond donors (Lipinski definition) is 2. The first-order valence-corrected chi connectivity index (χ1v) is 5.77. The zero-order valence-corrected chi connectivity index (χ0v) is 10.8. The number of aliphatic imine (C=N–C) groups is 1. The molecule has 0 spiro atoms. The Hall–Kier alpha value is -1.58. The summed E-state index contributed by atoms with van der Waals surface area (Å²) in [5, 5.41) is 2.91. The summed E-state index contributed by atoms with van der Waals surface area (Å²) in [6.07, 6.45) is 5.33. The second-order valence-electron chi connectivity index (χ2n) is 5.30. The Bertz CT molecular complexity index is 375. The van der Waals surface area contributed by atoms with E-state index < -0.39 is 5.41 Å². The molecule has 1 amide bonds. The van der Waals surface area contributed by atoms with Crippen molar-refractivity contribution in [2.75, 3.05) is 0 Å². The average Bonchev–Trinajstić information content (AvgIpc) is 2.67. The Balaban J connectivity index is 2.64. The molecule has 0 radical (unpaired) electrons. The minimum atomic E-state index is -0.430. The maximum absolute atomic E-state index is 11.9. The number of carbonyl (C=O) groups is 1. The predicted octanol–water partition coefficient (Wildman–Crippen LogP) is 1.74. The van der Waals surface area contributed by atoms with Crippen LogP contribution in [0.15, 0.2) is 29.0 Å². The van der Waals surface area contributed by atoms with Crippen molar-refractivity contribution in [1.29, 1.82) is 0 Å². The summed E-state index contributed by atoms with van der Waals surface area (Å²) in [5.74, 6) is -0.0309. The number of nitrogens with zero attached hydrogens (tertiary/aromatic N) is 1. The summed E-state index contributed by atoms with van der Waals surface area (Å²) < 4.78 is 0. The minimum absolute atomic E-state index is 0.0309. The Kier molecular flexibility index (Phi) is 4.10. The molecule has 0 unspecified atom stereocenters. The highest BCUT2D eigenvalue weighted by molar-refractivity contribution is 5.82. The van der Waals surface area contributed by atoms with Gasteiger partial charge < -0.3 is 11.1 Å². The fraction of sp³-hybridized carbons (Fsp3) is 0.538.